The monoisotopic (exact) mass is 401 g/mol. The van der Waals surface area contributed by atoms with Crippen LogP contribution in [-0.2, 0) is 4.79 Å². The second-order valence-corrected chi connectivity index (χ2v) is 7.40. The maximum absolute atomic E-state index is 12.8. The van der Waals surface area contributed by atoms with Crippen LogP contribution in [0.15, 0.2) is 30.3 Å². The quantitative estimate of drug-likeness (QED) is 0.837. The summed E-state index contributed by atoms with van der Waals surface area (Å²) in [6.45, 7) is 5.33. The van der Waals surface area contributed by atoms with Crippen LogP contribution in [0.2, 0.25) is 0 Å². The Morgan fingerprint density at radius 1 is 1.00 bits per heavy atom. The van der Waals surface area contributed by atoms with E-state index in [2.05, 4.69) is 4.90 Å². The lowest BCUT2D eigenvalue weighted by Gasteiger charge is -2.36. The highest BCUT2D eigenvalue weighted by Gasteiger charge is 2.28. The molecule has 0 saturated carbocycles. The molecule has 0 aliphatic carbocycles. The van der Waals surface area contributed by atoms with Gasteiger partial charge in [-0.15, -0.1) is 24.8 Å². The summed E-state index contributed by atoms with van der Waals surface area (Å²) in [7, 11) is 0. The number of piperidine rings is 1. The van der Waals surface area contributed by atoms with Gasteiger partial charge in [0.15, 0.2) is 0 Å². The van der Waals surface area contributed by atoms with Gasteiger partial charge in [-0.3, -0.25) is 4.79 Å². The molecule has 2 atom stereocenters. The number of likely N-dealkylation sites (tertiary alicyclic amines) is 2. The van der Waals surface area contributed by atoms with Crippen LogP contribution in [0.1, 0.15) is 50.1 Å². The summed E-state index contributed by atoms with van der Waals surface area (Å²) in [6, 6.07) is 9.21. The average molecular weight is 402 g/mol. The van der Waals surface area contributed by atoms with Crippen molar-refractivity contribution in [3.8, 4) is 0 Å². The van der Waals surface area contributed by atoms with Crippen molar-refractivity contribution in [2.24, 2.45) is 11.7 Å². The highest BCUT2D eigenvalue weighted by atomic mass is 35.5. The molecule has 1 aromatic carbocycles. The fraction of sp³-hybridized carbons (Fsp3) is 0.650. The number of nitrogens with two attached hydrogens (primary N) is 1. The summed E-state index contributed by atoms with van der Waals surface area (Å²) in [5.74, 6) is 0.686. The Balaban J connectivity index is 0.00000169. The molecule has 6 heteroatoms. The van der Waals surface area contributed by atoms with Crippen molar-refractivity contribution in [3.63, 3.8) is 0 Å². The number of hydrogen-bond donors (Lipinski definition) is 1. The smallest absolute Gasteiger partial charge is 0.244 e. The zero-order valence-electron chi connectivity index (χ0n) is 15.5. The first kappa shape index (κ1) is 23.2. The molecule has 0 aromatic heterocycles. The van der Waals surface area contributed by atoms with Crippen molar-refractivity contribution in [3.05, 3.63) is 35.9 Å². The van der Waals surface area contributed by atoms with Crippen LogP contribution in [0.5, 0.6) is 0 Å². The molecule has 2 aliphatic rings. The molecule has 2 fully saturated rings. The van der Waals surface area contributed by atoms with Gasteiger partial charge in [0.05, 0.1) is 0 Å². The van der Waals surface area contributed by atoms with Crippen molar-refractivity contribution >= 4 is 30.7 Å². The van der Waals surface area contributed by atoms with Gasteiger partial charge in [-0.25, -0.2) is 0 Å². The molecule has 0 radical (unpaired) electrons. The fourth-order valence-electron chi connectivity index (χ4n) is 4.10. The molecule has 3 rings (SSSR count). The first-order valence-corrected chi connectivity index (χ1v) is 9.55. The number of benzene rings is 1. The van der Waals surface area contributed by atoms with Crippen LogP contribution in [0.4, 0.5) is 0 Å². The van der Waals surface area contributed by atoms with Gasteiger partial charge in [-0.1, -0.05) is 43.2 Å². The molecule has 4 nitrogen and oxygen atoms in total. The van der Waals surface area contributed by atoms with E-state index in [-0.39, 0.29) is 30.7 Å². The Bertz CT molecular complexity index is 521. The van der Waals surface area contributed by atoms with Gasteiger partial charge in [0.1, 0.15) is 6.04 Å². The van der Waals surface area contributed by atoms with Gasteiger partial charge in [0.25, 0.3) is 0 Å². The third kappa shape index (κ3) is 6.41. The Morgan fingerprint density at radius 3 is 2.31 bits per heavy atom. The SMILES string of the molecule is Cl.Cl.NC(C(=O)N1CCCC(CN2CCCCCC2)C1)c1ccccc1. The molecule has 1 aromatic rings. The molecule has 148 valence electrons. The minimum Gasteiger partial charge on any atom is -0.341 e. The first-order chi connectivity index (χ1) is 11.7. The van der Waals surface area contributed by atoms with Crippen molar-refractivity contribution in [2.45, 2.75) is 44.6 Å². The highest BCUT2D eigenvalue weighted by molar-refractivity contribution is 5.85. The summed E-state index contributed by atoms with van der Waals surface area (Å²) in [5, 5.41) is 0. The number of nitrogens with zero attached hydrogens (tertiary/aromatic N) is 2. The Morgan fingerprint density at radius 2 is 1.65 bits per heavy atom. The molecular formula is C20H33Cl2N3O. The van der Waals surface area contributed by atoms with E-state index in [0.717, 1.165) is 31.6 Å². The van der Waals surface area contributed by atoms with E-state index < -0.39 is 6.04 Å². The van der Waals surface area contributed by atoms with E-state index in [4.69, 9.17) is 5.73 Å². The van der Waals surface area contributed by atoms with Gasteiger partial charge in [0.2, 0.25) is 5.91 Å². The largest absolute Gasteiger partial charge is 0.341 e. The third-order valence-corrected chi connectivity index (χ3v) is 5.47. The van der Waals surface area contributed by atoms with Gasteiger partial charge in [-0.2, -0.15) is 0 Å². The van der Waals surface area contributed by atoms with Crippen molar-refractivity contribution < 1.29 is 4.79 Å². The molecule has 0 bridgehead atoms. The minimum absolute atomic E-state index is 0. The molecule has 0 spiro atoms. The number of carbonyl (C=O) groups excluding carboxylic acids is 1. The third-order valence-electron chi connectivity index (χ3n) is 5.47. The summed E-state index contributed by atoms with van der Waals surface area (Å²) < 4.78 is 0. The first-order valence-electron chi connectivity index (χ1n) is 9.55. The Labute approximate surface area is 170 Å². The molecular weight excluding hydrogens is 369 g/mol. The molecule has 2 N–H and O–H groups in total. The summed E-state index contributed by atoms with van der Waals surface area (Å²) in [6.07, 6.45) is 7.74. The zero-order chi connectivity index (χ0) is 16.8. The van der Waals surface area contributed by atoms with E-state index in [0.29, 0.717) is 5.92 Å². The minimum atomic E-state index is -0.525. The van der Waals surface area contributed by atoms with E-state index in [1.165, 1.54) is 45.2 Å². The second-order valence-electron chi connectivity index (χ2n) is 7.40. The summed E-state index contributed by atoms with van der Waals surface area (Å²) in [5.41, 5.74) is 7.13. The van der Waals surface area contributed by atoms with Crippen LogP contribution < -0.4 is 5.73 Å². The van der Waals surface area contributed by atoms with Crippen LogP contribution in [0.3, 0.4) is 0 Å². The molecule has 2 unspecified atom stereocenters. The normalized spacial score (nSPS) is 22.5. The van der Waals surface area contributed by atoms with Crippen LogP contribution in [0, 0.1) is 5.92 Å². The maximum atomic E-state index is 12.8. The van der Waals surface area contributed by atoms with Gasteiger partial charge in [-0.05, 0) is 50.3 Å². The lowest BCUT2D eigenvalue weighted by Crippen LogP contribution is -2.47. The number of hydrogen-bond acceptors (Lipinski definition) is 3. The molecule has 2 saturated heterocycles. The second kappa shape index (κ2) is 11.8. The fourth-order valence-corrected chi connectivity index (χ4v) is 4.10. The summed E-state index contributed by atoms with van der Waals surface area (Å²) in [4.78, 5) is 17.4. The highest BCUT2D eigenvalue weighted by Crippen LogP contribution is 2.22. The number of rotatable bonds is 4. The predicted molar refractivity (Wildman–Crippen MR) is 112 cm³/mol. The van der Waals surface area contributed by atoms with E-state index in [1.807, 2.05) is 35.2 Å². The van der Waals surface area contributed by atoms with Crippen LogP contribution in [-0.4, -0.2) is 48.4 Å². The lowest BCUT2D eigenvalue weighted by atomic mass is 9.96. The molecule has 26 heavy (non-hydrogen) atoms. The molecule has 2 heterocycles. The van der Waals surface area contributed by atoms with Gasteiger partial charge in [0, 0.05) is 19.6 Å². The Kier molecular flexibility index (Phi) is 10.6. The van der Waals surface area contributed by atoms with Gasteiger partial charge >= 0.3 is 0 Å². The molecule has 2 aliphatic heterocycles. The maximum Gasteiger partial charge on any atom is 0.244 e. The zero-order valence-corrected chi connectivity index (χ0v) is 17.1. The lowest BCUT2D eigenvalue weighted by molar-refractivity contribution is -0.134. The van der Waals surface area contributed by atoms with Crippen LogP contribution >= 0.6 is 24.8 Å². The van der Waals surface area contributed by atoms with Crippen molar-refractivity contribution in [2.75, 3.05) is 32.7 Å². The van der Waals surface area contributed by atoms with Crippen molar-refractivity contribution in [1.29, 1.82) is 0 Å². The van der Waals surface area contributed by atoms with E-state index in [1.54, 1.807) is 0 Å². The summed E-state index contributed by atoms with van der Waals surface area (Å²) >= 11 is 0. The van der Waals surface area contributed by atoms with Crippen molar-refractivity contribution in [1.82, 2.24) is 9.80 Å². The topological polar surface area (TPSA) is 49.6 Å². The number of amides is 1. The average Bonchev–Trinajstić information content (AvgIpc) is 2.90. The number of halogens is 2. The standard InChI is InChI=1S/C20H31N3O.2ClH/c21-19(18-10-4-3-5-11-18)20(24)23-14-8-9-17(16-23)15-22-12-6-1-2-7-13-22;;/h3-5,10-11,17,19H,1-2,6-9,12-16,21H2;2*1H. The van der Waals surface area contributed by atoms with E-state index in [9.17, 15) is 4.79 Å². The predicted octanol–water partition coefficient (Wildman–Crippen LogP) is 3.64. The van der Waals surface area contributed by atoms with Gasteiger partial charge < -0.3 is 15.5 Å². The van der Waals surface area contributed by atoms with Crippen LogP contribution in [0.25, 0.3) is 0 Å². The molecule has 1 amide bonds. The van der Waals surface area contributed by atoms with E-state index >= 15 is 0 Å². The Hall–Kier alpha value is -0.810. The number of carbonyl (C=O) groups is 1.